The Morgan fingerprint density at radius 2 is 2.00 bits per heavy atom. The van der Waals surface area contributed by atoms with Crippen LogP contribution >= 0.6 is 12.4 Å². The van der Waals surface area contributed by atoms with Crippen molar-refractivity contribution >= 4 is 18.4 Å². The third kappa shape index (κ3) is 1.97. The van der Waals surface area contributed by atoms with E-state index in [1.54, 1.807) is 0 Å². The SMILES string of the molecule is Cl.O=C(O)C1CCC2CCCCN21. The molecule has 4 heteroatoms. The van der Waals surface area contributed by atoms with Crippen molar-refractivity contribution in [1.29, 1.82) is 0 Å². The van der Waals surface area contributed by atoms with Crippen molar-refractivity contribution in [3.05, 3.63) is 0 Å². The fraction of sp³-hybridized carbons (Fsp3) is 0.889. The second-order valence-corrected chi connectivity index (χ2v) is 3.82. The Morgan fingerprint density at radius 1 is 1.23 bits per heavy atom. The average Bonchev–Trinajstić information content (AvgIpc) is 2.47. The maximum Gasteiger partial charge on any atom is 0.320 e. The van der Waals surface area contributed by atoms with Crippen LogP contribution in [0.2, 0.25) is 0 Å². The molecular weight excluding hydrogens is 190 g/mol. The summed E-state index contributed by atoms with van der Waals surface area (Å²) in [6, 6.07) is 0.412. The molecule has 2 aliphatic rings. The molecule has 3 nitrogen and oxygen atoms in total. The standard InChI is InChI=1S/C9H15NO2.ClH/c11-9(12)8-5-4-7-3-1-2-6-10(7)8;/h7-8H,1-6H2,(H,11,12);1H. The van der Waals surface area contributed by atoms with Crippen molar-refractivity contribution in [3.63, 3.8) is 0 Å². The zero-order valence-electron chi connectivity index (χ0n) is 7.61. The van der Waals surface area contributed by atoms with Gasteiger partial charge in [0.1, 0.15) is 6.04 Å². The van der Waals surface area contributed by atoms with Gasteiger partial charge >= 0.3 is 5.97 Å². The van der Waals surface area contributed by atoms with Crippen LogP contribution in [0.4, 0.5) is 0 Å². The third-order valence-electron chi connectivity index (χ3n) is 3.13. The van der Waals surface area contributed by atoms with E-state index < -0.39 is 5.97 Å². The van der Waals surface area contributed by atoms with Crippen molar-refractivity contribution in [2.75, 3.05) is 6.54 Å². The van der Waals surface area contributed by atoms with E-state index in [9.17, 15) is 4.79 Å². The van der Waals surface area contributed by atoms with Gasteiger partial charge in [0, 0.05) is 6.04 Å². The average molecular weight is 206 g/mol. The van der Waals surface area contributed by atoms with Crippen LogP contribution in [0.15, 0.2) is 0 Å². The highest BCUT2D eigenvalue weighted by Crippen LogP contribution is 2.31. The molecule has 0 aromatic rings. The normalized spacial score (nSPS) is 33.5. The Balaban J connectivity index is 0.000000845. The molecule has 2 rings (SSSR count). The zero-order chi connectivity index (χ0) is 8.55. The Kier molecular flexibility index (Phi) is 3.56. The van der Waals surface area contributed by atoms with Gasteiger partial charge in [0.15, 0.2) is 0 Å². The predicted molar refractivity (Wildman–Crippen MR) is 52.3 cm³/mol. The molecule has 0 amide bonds. The molecule has 0 radical (unpaired) electrons. The summed E-state index contributed by atoms with van der Waals surface area (Å²) in [7, 11) is 0. The number of carboxylic acid groups (broad SMARTS) is 1. The van der Waals surface area contributed by atoms with Gasteiger partial charge in [-0.25, -0.2) is 0 Å². The Morgan fingerprint density at radius 3 is 2.69 bits per heavy atom. The monoisotopic (exact) mass is 205 g/mol. The minimum absolute atomic E-state index is 0. The highest BCUT2D eigenvalue weighted by Gasteiger charge is 2.38. The number of piperidine rings is 1. The van der Waals surface area contributed by atoms with Gasteiger partial charge in [-0.05, 0) is 32.2 Å². The number of nitrogens with zero attached hydrogens (tertiary/aromatic N) is 1. The van der Waals surface area contributed by atoms with Crippen LogP contribution in [0, 0.1) is 0 Å². The summed E-state index contributed by atoms with van der Waals surface area (Å²) < 4.78 is 0. The van der Waals surface area contributed by atoms with Crippen LogP contribution in [0.3, 0.4) is 0 Å². The Labute approximate surface area is 84.5 Å². The lowest BCUT2D eigenvalue weighted by Crippen LogP contribution is -2.43. The molecule has 0 bridgehead atoms. The van der Waals surface area contributed by atoms with E-state index in [1.165, 1.54) is 19.3 Å². The number of hydrogen-bond donors (Lipinski definition) is 1. The van der Waals surface area contributed by atoms with Crippen molar-refractivity contribution in [3.8, 4) is 0 Å². The molecule has 1 N–H and O–H groups in total. The second-order valence-electron chi connectivity index (χ2n) is 3.82. The molecule has 2 unspecified atom stereocenters. The first-order chi connectivity index (χ1) is 5.79. The van der Waals surface area contributed by atoms with Gasteiger partial charge in [0.05, 0.1) is 0 Å². The number of carbonyl (C=O) groups is 1. The molecule has 76 valence electrons. The Hall–Kier alpha value is -0.280. The quantitative estimate of drug-likeness (QED) is 0.706. The third-order valence-corrected chi connectivity index (χ3v) is 3.13. The lowest BCUT2D eigenvalue weighted by atomic mass is 10.0. The molecule has 2 heterocycles. The number of halogens is 1. The first-order valence-electron chi connectivity index (χ1n) is 4.77. The minimum atomic E-state index is -0.626. The topological polar surface area (TPSA) is 40.5 Å². The lowest BCUT2D eigenvalue weighted by Gasteiger charge is -2.31. The van der Waals surface area contributed by atoms with Crippen molar-refractivity contribution < 1.29 is 9.90 Å². The second kappa shape index (κ2) is 4.29. The van der Waals surface area contributed by atoms with Crippen LogP contribution in [0.1, 0.15) is 32.1 Å². The predicted octanol–water partition coefficient (Wildman–Crippen LogP) is 1.51. The van der Waals surface area contributed by atoms with Gasteiger partial charge in [0.25, 0.3) is 0 Å². The van der Waals surface area contributed by atoms with Gasteiger partial charge in [-0.1, -0.05) is 6.42 Å². The summed E-state index contributed by atoms with van der Waals surface area (Å²) in [5, 5.41) is 8.91. The van der Waals surface area contributed by atoms with Crippen molar-refractivity contribution in [2.45, 2.75) is 44.2 Å². The maximum atomic E-state index is 10.8. The van der Waals surface area contributed by atoms with Crippen LogP contribution < -0.4 is 0 Å². The van der Waals surface area contributed by atoms with Crippen molar-refractivity contribution in [2.24, 2.45) is 0 Å². The largest absolute Gasteiger partial charge is 0.480 e. The molecule has 0 spiro atoms. The number of hydrogen-bond acceptors (Lipinski definition) is 2. The summed E-state index contributed by atoms with van der Waals surface area (Å²) in [5.74, 6) is -0.626. The molecule has 2 aliphatic heterocycles. The van der Waals surface area contributed by atoms with Crippen LogP contribution in [-0.4, -0.2) is 34.6 Å². The van der Waals surface area contributed by atoms with Gasteiger partial charge in [-0.3, -0.25) is 9.69 Å². The summed E-state index contributed by atoms with van der Waals surface area (Å²) >= 11 is 0. The highest BCUT2D eigenvalue weighted by molar-refractivity contribution is 5.85. The van der Waals surface area contributed by atoms with Crippen LogP contribution in [-0.2, 0) is 4.79 Å². The summed E-state index contributed by atoms with van der Waals surface area (Å²) in [4.78, 5) is 13.0. The summed E-state index contributed by atoms with van der Waals surface area (Å²) in [6.07, 6.45) is 5.63. The molecule has 2 saturated heterocycles. The Bertz CT molecular complexity index is 198. The molecule has 0 aromatic heterocycles. The van der Waals surface area contributed by atoms with E-state index in [0.29, 0.717) is 6.04 Å². The van der Waals surface area contributed by atoms with E-state index in [4.69, 9.17) is 5.11 Å². The molecule has 0 saturated carbocycles. The zero-order valence-corrected chi connectivity index (χ0v) is 8.42. The maximum absolute atomic E-state index is 10.8. The van der Waals surface area contributed by atoms with E-state index >= 15 is 0 Å². The van der Waals surface area contributed by atoms with E-state index in [1.807, 2.05) is 0 Å². The van der Waals surface area contributed by atoms with E-state index in [0.717, 1.165) is 19.4 Å². The minimum Gasteiger partial charge on any atom is -0.480 e. The van der Waals surface area contributed by atoms with Gasteiger partial charge in [-0.15, -0.1) is 12.4 Å². The smallest absolute Gasteiger partial charge is 0.320 e. The number of aliphatic carboxylic acids is 1. The molecule has 0 aliphatic carbocycles. The lowest BCUT2D eigenvalue weighted by molar-refractivity contribution is -0.143. The molecular formula is C9H16ClNO2. The summed E-state index contributed by atoms with van der Waals surface area (Å²) in [5.41, 5.74) is 0. The number of carboxylic acids is 1. The highest BCUT2D eigenvalue weighted by atomic mass is 35.5. The van der Waals surface area contributed by atoms with E-state index in [-0.39, 0.29) is 18.4 Å². The van der Waals surface area contributed by atoms with Gasteiger partial charge in [-0.2, -0.15) is 0 Å². The van der Waals surface area contributed by atoms with Crippen LogP contribution in [0.25, 0.3) is 0 Å². The van der Waals surface area contributed by atoms with Gasteiger partial charge < -0.3 is 5.11 Å². The number of rotatable bonds is 1. The first kappa shape index (κ1) is 10.8. The number of fused-ring (bicyclic) bond motifs is 1. The van der Waals surface area contributed by atoms with Crippen LogP contribution in [0.5, 0.6) is 0 Å². The molecule has 2 atom stereocenters. The fourth-order valence-electron chi connectivity index (χ4n) is 2.52. The molecule has 0 aromatic carbocycles. The van der Waals surface area contributed by atoms with Crippen molar-refractivity contribution in [1.82, 2.24) is 4.90 Å². The molecule has 2 fully saturated rings. The fourth-order valence-corrected chi connectivity index (χ4v) is 2.52. The molecule has 13 heavy (non-hydrogen) atoms. The summed E-state index contributed by atoms with van der Waals surface area (Å²) in [6.45, 7) is 1.00. The van der Waals surface area contributed by atoms with E-state index in [2.05, 4.69) is 4.90 Å². The van der Waals surface area contributed by atoms with Gasteiger partial charge in [0.2, 0.25) is 0 Å². The first-order valence-corrected chi connectivity index (χ1v) is 4.77.